The van der Waals surface area contributed by atoms with Gasteiger partial charge in [0.2, 0.25) is 0 Å². The summed E-state index contributed by atoms with van der Waals surface area (Å²) in [4.78, 5) is 28.4. The summed E-state index contributed by atoms with van der Waals surface area (Å²) in [5, 5.41) is 4.14. The average molecular weight is 367 g/mol. The van der Waals surface area contributed by atoms with Gasteiger partial charge in [-0.3, -0.25) is 9.59 Å². The van der Waals surface area contributed by atoms with Crippen LogP contribution in [0.15, 0.2) is 58.0 Å². The van der Waals surface area contributed by atoms with E-state index in [1.807, 2.05) is 42.5 Å². The fourth-order valence-corrected chi connectivity index (χ4v) is 4.48. The molecule has 2 aromatic carbocycles. The second kappa shape index (κ2) is 6.78. The first-order valence-corrected chi connectivity index (χ1v) is 9.47. The smallest absolute Gasteiger partial charge is 0.250 e. The highest BCUT2D eigenvalue weighted by Crippen LogP contribution is 2.29. The Bertz CT molecular complexity index is 977. The van der Waals surface area contributed by atoms with E-state index in [2.05, 4.69) is 15.5 Å². The molecule has 0 spiro atoms. The molecule has 0 fully saturated rings. The molecule has 3 aromatic rings. The molecule has 1 aromatic heterocycles. The van der Waals surface area contributed by atoms with Crippen LogP contribution in [0.2, 0.25) is 0 Å². The number of aromatic nitrogens is 1. The minimum absolute atomic E-state index is 0.0347. The van der Waals surface area contributed by atoms with Crippen LogP contribution in [0.3, 0.4) is 0 Å². The topological polar surface area (TPSA) is 71.4 Å². The van der Waals surface area contributed by atoms with E-state index in [1.165, 1.54) is 11.8 Å². The molecule has 0 radical (unpaired) electrons. The van der Waals surface area contributed by atoms with Crippen molar-refractivity contribution < 1.29 is 9.59 Å². The second-order valence-electron chi connectivity index (χ2n) is 5.48. The molecular weight excluding hydrogens is 354 g/mol. The van der Waals surface area contributed by atoms with Gasteiger partial charge in [-0.2, -0.15) is 5.10 Å². The van der Waals surface area contributed by atoms with E-state index in [9.17, 15) is 9.59 Å². The zero-order valence-corrected chi connectivity index (χ0v) is 14.7. The molecule has 1 heterocycles. The maximum Gasteiger partial charge on any atom is 0.250 e. The molecule has 5 nitrogen and oxygen atoms in total. The predicted octanol–water partition coefficient (Wildman–Crippen LogP) is 3.50. The zero-order chi connectivity index (χ0) is 17.2. The number of thiazole rings is 1. The largest absolute Gasteiger partial charge is 0.294 e. The van der Waals surface area contributed by atoms with Crippen LogP contribution in [-0.4, -0.2) is 28.1 Å². The van der Waals surface area contributed by atoms with Gasteiger partial charge in [-0.1, -0.05) is 48.2 Å². The first kappa shape index (κ1) is 16.0. The van der Waals surface area contributed by atoms with E-state index in [0.717, 1.165) is 20.1 Å². The third-order valence-electron chi connectivity index (χ3n) is 3.78. The van der Waals surface area contributed by atoms with Gasteiger partial charge in [0.25, 0.3) is 5.91 Å². The Kier molecular flexibility index (Phi) is 4.33. The SMILES string of the molecule is O=C(CSc1nc2ccccc2s1)N/N=C1/CC(=O)c2ccccc21. The Balaban J connectivity index is 1.39. The van der Waals surface area contributed by atoms with Crippen molar-refractivity contribution in [1.29, 1.82) is 0 Å². The van der Waals surface area contributed by atoms with Gasteiger partial charge < -0.3 is 0 Å². The van der Waals surface area contributed by atoms with Crippen molar-refractivity contribution in [2.75, 3.05) is 5.75 Å². The number of benzene rings is 2. The van der Waals surface area contributed by atoms with Crippen molar-refractivity contribution >= 4 is 50.7 Å². The van der Waals surface area contributed by atoms with E-state index < -0.39 is 0 Å². The number of carbonyl (C=O) groups excluding carboxylic acids is 2. The van der Waals surface area contributed by atoms with Crippen LogP contribution in [0, 0.1) is 0 Å². The van der Waals surface area contributed by atoms with Gasteiger partial charge in [-0.25, -0.2) is 10.4 Å². The number of rotatable bonds is 4. The normalized spacial score (nSPS) is 14.9. The number of amides is 1. The van der Waals surface area contributed by atoms with Crippen LogP contribution in [-0.2, 0) is 4.79 Å². The summed E-state index contributed by atoms with van der Waals surface area (Å²) in [7, 11) is 0. The number of para-hydroxylation sites is 1. The van der Waals surface area contributed by atoms with Gasteiger partial charge in [0, 0.05) is 11.1 Å². The summed E-state index contributed by atoms with van der Waals surface area (Å²) < 4.78 is 1.96. The Labute approximate surface area is 152 Å². The van der Waals surface area contributed by atoms with E-state index in [4.69, 9.17) is 0 Å². The number of fused-ring (bicyclic) bond motifs is 2. The lowest BCUT2D eigenvalue weighted by atomic mass is 10.1. The molecule has 0 unspecified atom stereocenters. The van der Waals surface area contributed by atoms with Crippen molar-refractivity contribution in [3.05, 3.63) is 59.7 Å². The predicted molar refractivity (Wildman–Crippen MR) is 100 cm³/mol. The minimum atomic E-state index is -0.214. The zero-order valence-electron chi connectivity index (χ0n) is 13.1. The summed E-state index contributed by atoms with van der Waals surface area (Å²) in [6.45, 7) is 0. The summed E-state index contributed by atoms with van der Waals surface area (Å²) in [6.07, 6.45) is 0.227. The standard InChI is InChI=1S/C18H13N3O2S2/c22-15-9-14(11-5-1-2-6-12(11)15)20-21-17(23)10-24-18-19-13-7-3-4-8-16(13)25-18/h1-8H,9-10H2,(H,21,23)/b20-14-. The van der Waals surface area contributed by atoms with Crippen molar-refractivity contribution in [3.63, 3.8) is 0 Å². The van der Waals surface area contributed by atoms with Crippen LogP contribution in [0.5, 0.6) is 0 Å². The van der Waals surface area contributed by atoms with Crippen LogP contribution in [0.1, 0.15) is 22.3 Å². The van der Waals surface area contributed by atoms with E-state index >= 15 is 0 Å². The molecule has 0 aliphatic heterocycles. The molecule has 0 bridgehead atoms. The Morgan fingerprint density at radius 3 is 2.76 bits per heavy atom. The molecule has 0 saturated heterocycles. The quantitative estimate of drug-likeness (QED) is 0.566. The van der Waals surface area contributed by atoms with Crippen molar-refractivity contribution in [3.8, 4) is 0 Å². The first-order chi connectivity index (χ1) is 12.2. The number of carbonyl (C=O) groups is 2. The van der Waals surface area contributed by atoms with Gasteiger partial charge in [-0.15, -0.1) is 11.3 Å². The van der Waals surface area contributed by atoms with Crippen molar-refractivity contribution in [2.45, 2.75) is 10.8 Å². The number of hydrogen-bond acceptors (Lipinski definition) is 6. The van der Waals surface area contributed by atoms with Crippen LogP contribution in [0.4, 0.5) is 0 Å². The molecule has 1 aliphatic carbocycles. The third-order valence-corrected chi connectivity index (χ3v) is 5.96. The van der Waals surface area contributed by atoms with E-state index in [-0.39, 0.29) is 23.9 Å². The molecule has 1 amide bonds. The lowest BCUT2D eigenvalue weighted by Gasteiger charge is -2.01. The highest BCUT2D eigenvalue weighted by atomic mass is 32.2. The molecular formula is C18H13N3O2S2. The molecule has 0 saturated carbocycles. The monoisotopic (exact) mass is 367 g/mol. The van der Waals surface area contributed by atoms with Crippen molar-refractivity contribution in [1.82, 2.24) is 10.4 Å². The number of Topliss-reactive ketones (excluding diaryl/α,β-unsaturated/α-hetero) is 1. The molecule has 4 rings (SSSR count). The summed E-state index contributed by atoms with van der Waals surface area (Å²) >= 11 is 2.95. The number of nitrogens with one attached hydrogen (secondary N) is 1. The second-order valence-corrected chi connectivity index (χ2v) is 7.73. The Morgan fingerprint density at radius 1 is 1.16 bits per heavy atom. The molecule has 1 N–H and O–H groups in total. The molecule has 7 heteroatoms. The van der Waals surface area contributed by atoms with E-state index in [1.54, 1.807) is 17.4 Å². The van der Waals surface area contributed by atoms with Gasteiger partial charge in [0.05, 0.1) is 28.1 Å². The molecule has 25 heavy (non-hydrogen) atoms. The van der Waals surface area contributed by atoms with E-state index in [0.29, 0.717) is 11.3 Å². The highest BCUT2D eigenvalue weighted by Gasteiger charge is 2.25. The Morgan fingerprint density at radius 2 is 1.92 bits per heavy atom. The number of nitrogens with zero attached hydrogens (tertiary/aromatic N) is 2. The molecule has 124 valence electrons. The number of hydrogen-bond donors (Lipinski definition) is 1. The van der Waals surface area contributed by atoms with Gasteiger partial charge in [0.1, 0.15) is 0 Å². The van der Waals surface area contributed by atoms with Crippen LogP contribution >= 0.6 is 23.1 Å². The maximum absolute atomic E-state index is 12.0. The lowest BCUT2D eigenvalue weighted by molar-refractivity contribution is -0.118. The third kappa shape index (κ3) is 3.33. The maximum atomic E-state index is 12.0. The lowest BCUT2D eigenvalue weighted by Crippen LogP contribution is -2.21. The van der Waals surface area contributed by atoms with Gasteiger partial charge in [0.15, 0.2) is 10.1 Å². The highest BCUT2D eigenvalue weighted by molar-refractivity contribution is 8.01. The summed E-state index contributed by atoms with van der Waals surface area (Å²) in [5.41, 5.74) is 5.56. The van der Waals surface area contributed by atoms with Crippen LogP contribution in [0.25, 0.3) is 10.2 Å². The molecule has 1 aliphatic rings. The van der Waals surface area contributed by atoms with Gasteiger partial charge in [-0.05, 0) is 12.1 Å². The Hall–Kier alpha value is -2.51. The van der Waals surface area contributed by atoms with Crippen molar-refractivity contribution in [2.24, 2.45) is 5.10 Å². The fourth-order valence-electron chi connectivity index (χ4n) is 2.62. The number of hydrazone groups is 1. The average Bonchev–Trinajstić information content (AvgIpc) is 3.19. The molecule has 0 atom stereocenters. The number of ketones is 1. The summed E-state index contributed by atoms with van der Waals surface area (Å²) in [5.74, 6) is 0.0488. The fraction of sp³-hybridized carbons (Fsp3) is 0.111. The number of thioether (sulfide) groups is 1. The summed E-state index contributed by atoms with van der Waals surface area (Å²) in [6, 6.07) is 15.2. The van der Waals surface area contributed by atoms with Crippen LogP contribution < -0.4 is 5.43 Å². The minimum Gasteiger partial charge on any atom is -0.294 e. The van der Waals surface area contributed by atoms with Gasteiger partial charge >= 0.3 is 0 Å². The first-order valence-electron chi connectivity index (χ1n) is 7.67.